The molecular formula is C14H26N2O2. The Morgan fingerprint density at radius 2 is 2.00 bits per heavy atom. The first-order chi connectivity index (χ1) is 8.47. The summed E-state index contributed by atoms with van der Waals surface area (Å²) in [5, 5.41) is 3.58. The Kier molecular flexibility index (Phi) is 4.15. The molecule has 2 rings (SSSR count). The first kappa shape index (κ1) is 13.7. The molecule has 2 saturated heterocycles. The van der Waals surface area contributed by atoms with Gasteiger partial charge in [0.25, 0.3) is 0 Å². The summed E-state index contributed by atoms with van der Waals surface area (Å²) in [5.74, 6) is 0. The molecule has 0 unspecified atom stereocenters. The number of rotatable bonds is 0. The number of hydrogen-bond acceptors (Lipinski definition) is 3. The number of carbonyl (C=O) groups is 1. The highest BCUT2D eigenvalue weighted by atomic mass is 16.6. The molecule has 1 N–H and O–H groups in total. The Morgan fingerprint density at radius 3 is 2.72 bits per heavy atom. The number of fused-ring (bicyclic) bond motifs is 1. The minimum atomic E-state index is -0.401. The van der Waals surface area contributed by atoms with Crippen LogP contribution in [-0.2, 0) is 4.74 Å². The predicted molar refractivity (Wildman–Crippen MR) is 71.6 cm³/mol. The van der Waals surface area contributed by atoms with E-state index in [1.54, 1.807) is 0 Å². The minimum Gasteiger partial charge on any atom is -0.444 e. The van der Waals surface area contributed by atoms with Crippen molar-refractivity contribution in [2.75, 3.05) is 13.1 Å². The fourth-order valence-electron chi connectivity index (χ4n) is 2.97. The van der Waals surface area contributed by atoms with Crippen molar-refractivity contribution < 1.29 is 9.53 Å². The van der Waals surface area contributed by atoms with E-state index in [2.05, 4.69) is 5.32 Å². The number of likely N-dealkylation sites (tertiary alicyclic amines) is 1. The van der Waals surface area contributed by atoms with Gasteiger partial charge >= 0.3 is 6.09 Å². The summed E-state index contributed by atoms with van der Waals surface area (Å²) in [6, 6.07) is 0.796. The van der Waals surface area contributed by atoms with E-state index in [9.17, 15) is 4.79 Å². The fourth-order valence-corrected chi connectivity index (χ4v) is 2.97. The Hall–Kier alpha value is -0.770. The number of ether oxygens (including phenoxy) is 1. The molecule has 18 heavy (non-hydrogen) atoms. The van der Waals surface area contributed by atoms with Crippen LogP contribution in [0.5, 0.6) is 0 Å². The monoisotopic (exact) mass is 254 g/mol. The molecular weight excluding hydrogens is 228 g/mol. The second-order valence-electron chi connectivity index (χ2n) is 6.44. The largest absolute Gasteiger partial charge is 0.444 e. The summed E-state index contributed by atoms with van der Waals surface area (Å²) >= 11 is 0. The third-order valence-corrected chi connectivity index (χ3v) is 3.74. The quantitative estimate of drug-likeness (QED) is 0.722. The van der Waals surface area contributed by atoms with Gasteiger partial charge in [0.2, 0.25) is 0 Å². The van der Waals surface area contributed by atoms with Gasteiger partial charge in [-0.2, -0.15) is 0 Å². The predicted octanol–water partition coefficient (Wildman–Crippen LogP) is 2.53. The van der Waals surface area contributed by atoms with Gasteiger partial charge in [-0.3, -0.25) is 0 Å². The van der Waals surface area contributed by atoms with Crippen LogP contribution in [0, 0.1) is 0 Å². The maximum Gasteiger partial charge on any atom is 0.410 e. The number of amides is 1. The summed E-state index contributed by atoms with van der Waals surface area (Å²) in [7, 11) is 0. The Bertz CT molecular complexity index is 299. The molecule has 0 aliphatic carbocycles. The lowest BCUT2D eigenvalue weighted by Crippen LogP contribution is -2.55. The van der Waals surface area contributed by atoms with Crippen LogP contribution in [0.3, 0.4) is 0 Å². The van der Waals surface area contributed by atoms with E-state index >= 15 is 0 Å². The van der Waals surface area contributed by atoms with E-state index in [1.165, 1.54) is 19.3 Å². The van der Waals surface area contributed by atoms with E-state index in [-0.39, 0.29) is 6.09 Å². The summed E-state index contributed by atoms with van der Waals surface area (Å²) in [6.07, 6.45) is 5.65. The molecule has 2 aliphatic heterocycles. The molecule has 2 heterocycles. The van der Waals surface area contributed by atoms with Gasteiger partial charge in [-0.05, 0) is 53.0 Å². The maximum absolute atomic E-state index is 12.3. The van der Waals surface area contributed by atoms with Crippen LogP contribution in [0.2, 0.25) is 0 Å². The van der Waals surface area contributed by atoms with Crippen molar-refractivity contribution in [1.82, 2.24) is 10.2 Å². The zero-order valence-electron chi connectivity index (χ0n) is 11.9. The molecule has 4 heteroatoms. The Morgan fingerprint density at radius 1 is 1.22 bits per heavy atom. The topological polar surface area (TPSA) is 41.6 Å². The van der Waals surface area contributed by atoms with E-state index < -0.39 is 5.60 Å². The standard InChI is InChI=1S/C14H26N2O2/c1-14(2,3)18-13(17)16-10-6-7-11-12(16)8-4-5-9-15-11/h11-12,15H,4-10H2,1-3H3/t11-,12-/m1/s1. The van der Waals surface area contributed by atoms with Crippen molar-refractivity contribution >= 4 is 6.09 Å². The van der Waals surface area contributed by atoms with Gasteiger partial charge in [-0.15, -0.1) is 0 Å². The molecule has 4 nitrogen and oxygen atoms in total. The van der Waals surface area contributed by atoms with Crippen molar-refractivity contribution in [2.24, 2.45) is 0 Å². The van der Waals surface area contributed by atoms with Crippen LogP contribution in [-0.4, -0.2) is 41.8 Å². The third-order valence-electron chi connectivity index (χ3n) is 3.74. The SMILES string of the molecule is CC(C)(C)OC(=O)N1CCC[C@H]2NCCCC[C@H]21. The van der Waals surface area contributed by atoms with Crippen molar-refractivity contribution in [3.05, 3.63) is 0 Å². The lowest BCUT2D eigenvalue weighted by atomic mass is 9.94. The lowest BCUT2D eigenvalue weighted by molar-refractivity contribution is 0.00433. The van der Waals surface area contributed by atoms with Crippen LogP contribution in [0.1, 0.15) is 52.9 Å². The van der Waals surface area contributed by atoms with E-state index in [0.29, 0.717) is 12.1 Å². The van der Waals surface area contributed by atoms with Crippen molar-refractivity contribution in [3.63, 3.8) is 0 Å². The average Bonchev–Trinajstić information content (AvgIpc) is 2.50. The van der Waals surface area contributed by atoms with Crippen LogP contribution in [0.25, 0.3) is 0 Å². The number of nitrogens with one attached hydrogen (secondary N) is 1. The zero-order chi connectivity index (χ0) is 13.2. The molecule has 0 aromatic heterocycles. The number of piperidine rings is 1. The highest BCUT2D eigenvalue weighted by Gasteiger charge is 2.36. The van der Waals surface area contributed by atoms with Gasteiger partial charge in [-0.25, -0.2) is 4.79 Å². The summed E-state index contributed by atoms with van der Waals surface area (Å²) in [4.78, 5) is 14.2. The molecule has 2 atom stereocenters. The number of hydrogen-bond donors (Lipinski definition) is 1. The minimum absolute atomic E-state index is 0.138. The highest BCUT2D eigenvalue weighted by molar-refractivity contribution is 5.68. The fraction of sp³-hybridized carbons (Fsp3) is 0.929. The first-order valence-corrected chi connectivity index (χ1v) is 7.20. The van der Waals surface area contributed by atoms with Crippen molar-refractivity contribution in [3.8, 4) is 0 Å². The summed E-state index contributed by atoms with van der Waals surface area (Å²) in [6.45, 7) is 7.72. The van der Waals surface area contributed by atoms with Gasteiger partial charge < -0.3 is 15.0 Å². The lowest BCUT2D eigenvalue weighted by Gasteiger charge is -2.41. The average molecular weight is 254 g/mol. The van der Waals surface area contributed by atoms with Gasteiger partial charge in [-0.1, -0.05) is 6.42 Å². The first-order valence-electron chi connectivity index (χ1n) is 7.20. The molecule has 0 bridgehead atoms. The molecule has 0 aromatic rings. The highest BCUT2D eigenvalue weighted by Crippen LogP contribution is 2.26. The Balaban J connectivity index is 2.03. The molecule has 0 spiro atoms. The number of carbonyl (C=O) groups excluding carboxylic acids is 1. The van der Waals surface area contributed by atoms with E-state index in [1.807, 2.05) is 25.7 Å². The van der Waals surface area contributed by atoms with Crippen LogP contribution < -0.4 is 5.32 Å². The van der Waals surface area contributed by atoms with Crippen LogP contribution in [0.4, 0.5) is 4.79 Å². The van der Waals surface area contributed by atoms with Crippen molar-refractivity contribution in [1.29, 1.82) is 0 Å². The van der Waals surface area contributed by atoms with Crippen LogP contribution >= 0.6 is 0 Å². The second-order valence-corrected chi connectivity index (χ2v) is 6.44. The smallest absolute Gasteiger partial charge is 0.410 e. The molecule has 104 valence electrons. The molecule has 0 saturated carbocycles. The molecule has 2 fully saturated rings. The van der Waals surface area contributed by atoms with Gasteiger partial charge in [0, 0.05) is 12.6 Å². The zero-order valence-corrected chi connectivity index (χ0v) is 11.9. The van der Waals surface area contributed by atoms with Crippen LogP contribution in [0.15, 0.2) is 0 Å². The van der Waals surface area contributed by atoms with Gasteiger partial charge in [0.05, 0.1) is 6.04 Å². The normalized spacial score (nSPS) is 29.4. The molecule has 1 amide bonds. The Labute approximate surface area is 110 Å². The molecule has 0 radical (unpaired) electrons. The summed E-state index contributed by atoms with van der Waals surface area (Å²) in [5.41, 5.74) is -0.401. The summed E-state index contributed by atoms with van der Waals surface area (Å²) < 4.78 is 5.53. The maximum atomic E-state index is 12.3. The third kappa shape index (κ3) is 3.37. The van der Waals surface area contributed by atoms with Gasteiger partial charge in [0.15, 0.2) is 0 Å². The molecule has 2 aliphatic rings. The van der Waals surface area contributed by atoms with E-state index in [4.69, 9.17) is 4.74 Å². The number of nitrogens with zero attached hydrogens (tertiary/aromatic N) is 1. The van der Waals surface area contributed by atoms with Gasteiger partial charge in [0.1, 0.15) is 5.60 Å². The molecule has 0 aromatic carbocycles. The second kappa shape index (κ2) is 5.47. The van der Waals surface area contributed by atoms with Crippen molar-refractivity contribution in [2.45, 2.75) is 70.6 Å². The van der Waals surface area contributed by atoms with E-state index in [0.717, 1.165) is 25.9 Å².